The Morgan fingerprint density at radius 1 is 1.03 bits per heavy atom. The molecule has 0 saturated carbocycles. The monoisotopic (exact) mass is 458 g/mol. The van der Waals surface area contributed by atoms with Gasteiger partial charge in [0.2, 0.25) is 0 Å². The molecular formula is C25H29F3N4O. The molecule has 33 heavy (non-hydrogen) atoms. The summed E-state index contributed by atoms with van der Waals surface area (Å²) in [6.45, 7) is 7.06. The van der Waals surface area contributed by atoms with Crippen LogP contribution in [0.4, 0.5) is 13.2 Å². The zero-order valence-electron chi connectivity index (χ0n) is 18.9. The van der Waals surface area contributed by atoms with Crippen molar-refractivity contribution in [1.29, 1.82) is 0 Å². The summed E-state index contributed by atoms with van der Waals surface area (Å²) < 4.78 is 46.6. The molecular weight excluding hydrogens is 429 g/mol. The van der Waals surface area contributed by atoms with Gasteiger partial charge in [0.05, 0.1) is 6.61 Å². The van der Waals surface area contributed by atoms with E-state index in [1.165, 1.54) is 0 Å². The van der Waals surface area contributed by atoms with Crippen molar-refractivity contribution in [3.8, 4) is 28.4 Å². The minimum atomic E-state index is -4.53. The van der Waals surface area contributed by atoms with Crippen LogP contribution in [0.25, 0.3) is 22.6 Å². The van der Waals surface area contributed by atoms with Gasteiger partial charge in [-0.15, -0.1) is 0 Å². The zero-order valence-corrected chi connectivity index (χ0v) is 18.9. The van der Waals surface area contributed by atoms with E-state index in [1.54, 1.807) is 54.6 Å². The lowest BCUT2D eigenvalue weighted by Crippen LogP contribution is -2.50. The normalized spacial score (nSPS) is 17.9. The molecule has 2 heterocycles. The summed E-state index contributed by atoms with van der Waals surface area (Å²) in [6.07, 6.45) is -3.61. The molecule has 1 fully saturated rings. The summed E-state index contributed by atoms with van der Waals surface area (Å²) in [6, 6.07) is 15.9. The third kappa shape index (κ3) is 5.75. The molecule has 4 rings (SSSR count). The predicted octanol–water partition coefficient (Wildman–Crippen LogP) is 5.17. The van der Waals surface area contributed by atoms with Gasteiger partial charge in [0.15, 0.2) is 0 Å². The molecule has 0 radical (unpaired) electrons. The Hall–Kier alpha value is -2.84. The van der Waals surface area contributed by atoms with Crippen LogP contribution in [0.15, 0.2) is 54.6 Å². The number of piperazine rings is 1. The Bertz CT molecular complexity index is 1030. The second-order valence-electron chi connectivity index (χ2n) is 8.55. The maximum absolute atomic E-state index is 13.6. The fourth-order valence-corrected chi connectivity index (χ4v) is 4.20. The molecule has 8 heteroatoms. The molecule has 1 aliphatic rings. The van der Waals surface area contributed by atoms with E-state index in [9.17, 15) is 13.2 Å². The van der Waals surface area contributed by atoms with E-state index >= 15 is 0 Å². The number of rotatable bonds is 7. The SMILES string of the molecule is CC1CN(C)CCN1CCCOc1ccc(-c2nc(-c3ccccc3)c(C(F)(F)F)[nH]2)cc1. The van der Waals surface area contributed by atoms with Crippen LogP contribution >= 0.6 is 0 Å². The molecule has 1 unspecified atom stereocenters. The summed E-state index contributed by atoms with van der Waals surface area (Å²) in [4.78, 5) is 11.6. The first-order valence-electron chi connectivity index (χ1n) is 11.2. The van der Waals surface area contributed by atoms with Crippen molar-refractivity contribution in [1.82, 2.24) is 19.8 Å². The first-order chi connectivity index (χ1) is 15.8. The second-order valence-corrected chi connectivity index (χ2v) is 8.55. The van der Waals surface area contributed by atoms with Gasteiger partial charge in [-0.2, -0.15) is 13.2 Å². The number of likely N-dealkylation sites (N-methyl/N-ethyl adjacent to an activating group) is 1. The Morgan fingerprint density at radius 3 is 2.42 bits per heavy atom. The number of nitrogens with zero attached hydrogens (tertiary/aromatic N) is 3. The number of nitrogens with one attached hydrogen (secondary N) is 1. The largest absolute Gasteiger partial charge is 0.494 e. The highest BCUT2D eigenvalue weighted by Crippen LogP contribution is 2.37. The molecule has 1 aromatic heterocycles. The smallest absolute Gasteiger partial charge is 0.433 e. The maximum Gasteiger partial charge on any atom is 0.433 e. The molecule has 0 spiro atoms. The van der Waals surface area contributed by atoms with E-state index in [2.05, 4.69) is 33.7 Å². The number of hydrogen-bond donors (Lipinski definition) is 1. The third-order valence-corrected chi connectivity index (χ3v) is 5.99. The van der Waals surface area contributed by atoms with Crippen LogP contribution < -0.4 is 4.74 Å². The predicted molar refractivity (Wildman–Crippen MR) is 123 cm³/mol. The van der Waals surface area contributed by atoms with Gasteiger partial charge in [-0.3, -0.25) is 4.90 Å². The van der Waals surface area contributed by atoms with Crippen molar-refractivity contribution >= 4 is 0 Å². The number of aromatic nitrogens is 2. The Balaban J connectivity index is 1.38. The fourth-order valence-electron chi connectivity index (χ4n) is 4.20. The van der Waals surface area contributed by atoms with E-state index in [1.807, 2.05) is 0 Å². The standard InChI is InChI=1S/C25H29F3N4O/c1-18-17-31(2)14-15-32(18)13-6-16-33-21-11-9-20(10-12-21)24-29-22(19-7-4-3-5-8-19)23(30-24)25(26,27)28/h3-5,7-12,18H,6,13-17H2,1-2H3,(H,29,30). The number of ether oxygens (including phenoxy) is 1. The van der Waals surface area contributed by atoms with Gasteiger partial charge in [-0.25, -0.2) is 4.98 Å². The highest BCUT2D eigenvalue weighted by atomic mass is 19.4. The molecule has 5 nitrogen and oxygen atoms in total. The minimum Gasteiger partial charge on any atom is -0.494 e. The van der Waals surface area contributed by atoms with E-state index in [4.69, 9.17) is 4.74 Å². The molecule has 1 aliphatic heterocycles. The highest BCUT2D eigenvalue weighted by Gasteiger charge is 2.37. The third-order valence-electron chi connectivity index (χ3n) is 5.99. The molecule has 0 aliphatic carbocycles. The highest BCUT2D eigenvalue weighted by molar-refractivity contribution is 5.68. The molecule has 176 valence electrons. The molecule has 0 amide bonds. The average Bonchev–Trinajstić information content (AvgIpc) is 3.25. The topological polar surface area (TPSA) is 44.4 Å². The zero-order chi connectivity index (χ0) is 23.4. The number of alkyl halides is 3. The molecule has 1 N–H and O–H groups in total. The number of halogens is 3. The molecule has 2 aromatic carbocycles. The lowest BCUT2D eigenvalue weighted by Gasteiger charge is -2.38. The second kappa shape index (κ2) is 9.97. The maximum atomic E-state index is 13.6. The summed E-state index contributed by atoms with van der Waals surface area (Å²) in [7, 11) is 2.15. The Morgan fingerprint density at radius 2 is 1.76 bits per heavy atom. The molecule has 3 aromatic rings. The molecule has 1 atom stereocenters. The minimum absolute atomic E-state index is 0.100. The molecule has 0 bridgehead atoms. The van der Waals surface area contributed by atoms with Crippen LogP contribution in [0, 0.1) is 0 Å². The average molecular weight is 459 g/mol. The number of imidazole rings is 1. The van der Waals surface area contributed by atoms with Gasteiger partial charge in [0, 0.05) is 43.3 Å². The van der Waals surface area contributed by atoms with Crippen LogP contribution in [0.5, 0.6) is 5.75 Å². The van der Waals surface area contributed by atoms with Crippen LogP contribution in [0.2, 0.25) is 0 Å². The van der Waals surface area contributed by atoms with Crippen molar-refractivity contribution in [3.05, 3.63) is 60.3 Å². The first-order valence-corrected chi connectivity index (χ1v) is 11.2. The van der Waals surface area contributed by atoms with E-state index in [0.29, 0.717) is 29.5 Å². The van der Waals surface area contributed by atoms with Crippen molar-refractivity contribution in [3.63, 3.8) is 0 Å². The van der Waals surface area contributed by atoms with Crippen LogP contribution in [0.1, 0.15) is 19.0 Å². The lowest BCUT2D eigenvalue weighted by molar-refractivity contribution is -0.140. The summed E-state index contributed by atoms with van der Waals surface area (Å²) in [5, 5.41) is 0. The van der Waals surface area contributed by atoms with Gasteiger partial charge in [-0.05, 0) is 44.7 Å². The van der Waals surface area contributed by atoms with E-state index < -0.39 is 11.9 Å². The Labute approximate surface area is 192 Å². The summed E-state index contributed by atoms with van der Waals surface area (Å²) in [5.74, 6) is 0.868. The van der Waals surface area contributed by atoms with Crippen molar-refractivity contribution in [2.24, 2.45) is 0 Å². The van der Waals surface area contributed by atoms with Crippen LogP contribution in [-0.2, 0) is 6.18 Å². The van der Waals surface area contributed by atoms with Crippen LogP contribution in [0.3, 0.4) is 0 Å². The van der Waals surface area contributed by atoms with Gasteiger partial charge in [0.25, 0.3) is 0 Å². The summed E-state index contributed by atoms with van der Waals surface area (Å²) >= 11 is 0. The number of hydrogen-bond acceptors (Lipinski definition) is 4. The van der Waals surface area contributed by atoms with Crippen molar-refractivity contribution in [2.45, 2.75) is 25.6 Å². The lowest BCUT2D eigenvalue weighted by atomic mass is 10.1. The Kier molecular flexibility index (Phi) is 7.05. The number of aromatic amines is 1. The van der Waals surface area contributed by atoms with Crippen molar-refractivity contribution in [2.75, 3.05) is 39.8 Å². The summed E-state index contributed by atoms with van der Waals surface area (Å²) in [5.41, 5.74) is 0.0435. The van der Waals surface area contributed by atoms with Crippen LogP contribution in [-0.4, -0.2) is 65.6 Å². The van der Waals surface area contributed by atoms with E-state index in [-0.39, 0.29) is 11.5 Å². The van der Waals surface area contributed by atoms with Gasteiger partial charge < -0.3 is 14.6 Å². The van der Waals surface area contributed by atoms with Gasteiger partial charge in [-0.1, -0.05) is 30.3 Å². The van der Waals surface area contributed by atoms with Gasteiger partial charge in [0.1, 0.15) is 23.0 Å². The first kappa shape index (κ1) is 23.3. The van der Waals surface area contributed by atoms with Crippen molar-refractivity contribution < 1.29 is 17.9 Å². The number of H-pyrrole nitrogens is 1. The molecule has 1 saturated heterocycles. The number of benzene rings is 2. The fraction of sp³-hybridized carbons (Fsp3) is 0.400. The van der Waals surface area contributed by atoms with E-state index in [0.717, 1.165) is 32.6 Å². The quantitative estimate of drug-likeness (QED) is 0.497. The van der Waals surface area contributed by atoms with Gasteiger partial charge >= 0.3 is 6.18 Å².